The van der Waals surface area contributed by atoms with Gasteiger partial charge in [-0.05, 0) is 43.5 Å². The van der Waals surface area contributed by atoms with E-state index in [0.29, 0.717) is 16.4 Å². The molecule has 3 rings (SSSR count). The molecule has 7 nitrogen and oxygen atoms in total. The van der Waals surface area contributed by atoms with Crippen molar-refractivity contribution in [1.29, 1.82) is 0 Å². The highest BCUT2D eigenvalue weighted by molar-refractivity contribution is 7.18. The van der Waals surface area contributed by atoms with Gasteiger partial charge in [0.1, 0.15) is 5.82 Å². The number of carbonyl (C=O) groups is 2. The summed E-state index contributed by atoms with van der Waals surface area (Å²) in [5, 5.41) is 6.34. The summed E-state index contributed by atoms with van der Waals surface area (Å²) in [6.07, 6.45) is 5.15. The van der Waals surface area contributed by atoms with Crippen molar-refractivity contribution in [1.82, 2.24) is 14.9 Å². The van der Waals surface area contributed by atoms with Crippen LogP contribution in [0.3, 0.4) is 0 Å². The zero-order valence-electron chi connectivity index (χ0n) is 15.5. The lowest BCUT2D eigenvalue weighted by atomic mass is 10.1. The SMILES string of the molecule is Cc1cc(NC(=O)c2ccco2)sc1C(=O)NCC(C)Cn1ccnc1C. The number of nitrogens with one attached hydrogen (secondary N) is 2. The summed E-state index contributed by atoms with van der Waals surface area (Å²) in [4.78, 5) is 29.4. The molecule has 0 aliphatic rings. The molecule has 1 atom stereocenters. The van der Waals surface area contributed by atoms with Gasteiger partial charge in [0.2, 0.25) is 0 Å². The maximum Gasteiger partial charge on any atom is 0.291 e. The van der Waals surface area contributed by atoms with Gasteiger partial charge in [-0.15, -0.1) is 11.3 Å². The quantitative estimate of drug-likeness (QED) is 0.651. The van der Waals surface area contributed by atoms with Gasteiger partial charge in [-0.1, -0.05) is 6.92 Å². The van der Waals surface area contributed by atoms with Crippen LogP contribution in [0, 0.1) is 19.8 Å². The Morgan fingerprint density at radius 2 is 2.15 bits per heavy atom. The van der Waals surface area contributed by atoms with Crippen LogP contribution in [0.1, 0.15) is 38.5 Å². The van der Waals surface area contributed by atoms with Gasteiger partial charge in [0.05, 0.1) is 16.1 Å². The summed E-state index contributed by atoms with van der Waals surface area (Å²) in [7, 11) is 0. The third kappa shape index (κ3) is 4.65. The van der Waals surface area contributed by atoms with Gasteiger partial charge in [-0.3, -0.25) is 9.59 Å². The van der Waals surface area contributed by atoms with E-state index >= 15 is 0 Å². The van der Waals surface area contributed by atoms with E-state index in [-0.39, 0.29) is 23.5 Å². The molecule has 2 N–H and O–H groups in total. The third-order valence-electron chi connectivity index (χ3n) is 4.15. The van der Waals surface area contributed by atoms with Crippen molar-refractivity contribution in [3.05, 3.63) is 58.9 Å². The molecule has 142 valence electrons. The monoisotopic (exact) mass is 386 g/mol. The van der Waals surface area contributed by atoms with Gasteiger partial charge in [0.25, 0.3) is 11.8 Å². The third-order valence-corrected chi connectivity index (χ3v) is 5.30. The van der Waals surface area contributed by atoms with E-state index in [4.69, 9.17) is 4.42 Å². The zero-order chi connectivity index (χ0) is 19.4. The number of nitrogens with zero attached hydrogens (tertiary/aromatic N) is 2. The van der Waals surface area contributed by atoms with E-state index in [1.54, 1.807) is 24.4 Å². The number of aryl methyl sites for hydroxylation is 2. The predicted octanol–water partition coefficient (Wildman–Crippen LogP) is 3.47. The fourth-order valence-corrected chi connectivity index (χ4v) is 3.68. The standard InChI is InChI=1S/C19H22N4O3S/c1-12(11-23-7-6-20-14(23)3)10-21-19(25)17-13(2)9-16(27-17)22-18(24)15-5-4-8-26-15/h4-9,12H,10-11H2,1-3H3,(H,21,25)(H,22,24). The van der Waals surface area contributed by atoms with E-state index in [9.17, 15) is 9.59 Å². The maximum absolute atomic E-state index is 12.5. The van der Waals surface area contributed by atoms with Crippen molar-refractivity contribution in [2.45, 2.75) is 27.3 Å². The van der Waals surface area contributed by atoms with E-state index in [1.807, 2.05) is 20.0 Å². The van der Waals surface area contributed by atoms with Crippen LogP contribution >= 0.6 is 11.3 Å². The summed E-state index contributed by atoms with van der Waals surface area (Å²) in [6.45, 7) is 7.24. The molecule has 27 heavy (non-hydrogen) atoms. The molecule has 0 bridgehead atoms. The van der Waals surface area contributed by atoms with Crippen molar-refractivity contribution in [3.63, 3.8) is 0 Å². The van der Waals surface area contributed by atoms with Crippen LogP contribution < -0.4 is 10.6 Å². The van der Waals surface area contributed by atoms with Crippen molar-refractivity contribution in [3.8, 4) is 0 Å². The van der Waals surface area contributed by atoms with Crippen molar-refractivity contribution in [2.75, 3.05) is 11.9 Å². The molecule has 3 aromatic rings. The van der Waals surface area contributed by atoms with Crippen LogP contribution in [0.5, 0.6) is 0 Å². The van der Waals surface area contributed by atoms with E-state index in [2.05, 4.69) is 27.1 Å². The van der Waals surface area contributed by atoms with Crippen molar-refractivity contribution < 1.29 is 14.0 Å². The Morgan fingerprint density at radius 1 is 1.33 bits per heavy atom. The first-order chi connectivity index (χ1) is 12.9. The molecule has 2 amide bonds. The van der Waals surface area contributed by atoms with Crippen LogP contribution in [-0.4, -0.2) is 27.9 Å². The van der Waals surface area contributed by atoms with Gasteiger partial charge in [0.15, 0.2) is 5.76 Å². The number of hydrogen-bond acceptors (Lipinski definition) is 5. The molecule has 0 fully saturated rings. The van der Waals surface area contributed by atoms with Crippen molar-refractivity contribution in [2.24, 2.45) is 5.92 Å². The lowest BCUT2D eigenvalue weighted by Crippen LogP contribution is -2.29. The Kier molecular flexibility index (Phi) is 5.75. The largest absolute Gasteiger partial charge is 0.459 e. The molecule has 0 aliphatic heterocycles. The van der Waals surface area contributed by atoms with Gasteiger partial charge in [-0.25, -0.2) is 4.98 Å². The molecule has 0 spiro atoms. The number of rotatable bonds is 7. The molecule has 0 aromatic carbocycles. The van der Waals surface area contributed by atoms with E-state index in [0.717, 1.165) is 17.9 Å². The average molecular weight is 386 g/mol. The van der Waals surface area contributed by atoms with E-state index in [1.165, 1.54) is 17.6 Å². The normalized spacial score (nSPS) is 12.0. The fourth-order valence-electron chi connectivity index (χ4n) is 2.69. The molecule has 3 heterocycles. The van der Waals surface area contributed by atoms with Crippen molar-refractivity contribution >= 4 is 28.2 Å². The molecular weight excluding hydrogens is 364 g/mol. The van der Waals surface area contributed by atoms with Crippen LogP contribution in [0.4, 0.5) is 5.00 Å². The maximum atomic E-state index is 12.5. The number of furan rings is 1. The first kappa shape index (κ1) is 18.9. The van der Waals surface area contributed by atoms with E-state index < -0.39 is 0 Å². The Balaban J connectivity index is 1.56. The first-order valence-corrected chi connectivity index (χ1v) is 9.47. The predicted molar refractivity (Wildman–Crippen MR) is 104 cm³/mol. The molecule has 0 radical (unpaired) electrons. The smallest absolute Gasteiger partial charge is 0.291 e. The Bertz CT molecular complexity index is 927. The minimum absolute atomic E-state index is 0.134. The number of anilines is 1. The van der Waals surface area contributed by atoms with Crippen LogP contribution in [-0.2, 0) is 6.54 Å². The topological polar surface area (TPSA) is 89.2 Å². The lowest BCUT2D eigenvalue weighted by molar-refractivity contribution is 0.0949. The fraction of sp³-hybridized carbons (Fsp3) is 0.316. The van der Waals surface area contributed by atoms with Gasteiger partial charge in [0, 0.05) is 25.5 Å². The van der Waals surface area contributed by atoms with Crippen LogP contribution in [0.15, 0.2) is 41.3 Å². The Morgan fingerprint density at radius 3 is 2.81 bits per heavy atom. The van der Waals surface area contributed by atoms with Crippen LogP contribution in [0.25, 0.3) is 0 Å². The minimum atomic E-state index is -0.336. The van der Waals surface area contributed by atoms with Gasteiger partial charge in [-0.2, -0.15) is 0 Å². The molecule has 1 unspecified atom stereocenters. The molecule has 0 saturated carbocycles. The number of thiophene rings is 1. The minimum Gasteiger partial charge on any atom is -0.459 e. The molecule has 0 saturated heterocycles. The van der Waals surface area contributed by atoms with Crippen LogP contribution in [0.2, 0.25) is 0 Å². The number of carbonyl (C=O) groups excluding carboxylic acids is 2. The zero-order valence-corrected chi connectivity index (χ0v) is 16.3. The second kappa shape index (κ2) is 8.22. The summed E-state index contributed by atoms with van der Waals surface area (Å²) in [5.74, 6) is 0.984. The highest BCUT2D eigenvalue weighted by Gasteiger charge is 2.17. The summed E-state index contributed by atoms with van der Waals surface area (Å²) < 4.78 is 7.14. The molecule has 0 aliphatic carbocycles. The number of imidazole rings is 1. The molecular formula is C19H22N4O3S. The Hall–Kier alpha value is -2.87. The second-order valence-electron chi connectivity index (χ2n) is 6.50. The highest BCUT2D eigenvalue weighted by atomic mass is 32.1. The first-order valence-electron chi connectivity index (χ1n) is 8.65. The highest BCUT2D eigenvalue weighted by Crippen LogP contribution is 2.27. The lowest BCUT2D eigenvalue weighted by Gasteiger charge is -2.14. The summed E-state index contributed by atoms with van der Waals surface area (Å²) in [6, 6.07) is 5.03. The number of aromatic nitrogens is 2. The molecule has 8 heteroatoms. The second-order valence-corrected chi connectivity index (χ2v) is 7.55. The van der Waals surface area contributed by atoms with Gasteiger partial charge >= 0.3 is 0 Å². The summed E-state index contributed by atoms with van der Waals surface area (Å²) in [5.41, 5.74) is 0.824. The Labute approximate surface area is 161 Å². The van der Waals surface area contributed by atoms with Gasteiger partial charge < -0.3 is 19.6 Å². The number of hydrogen-bond donors (Lipinski definition) is 2. The summed E-state index contributed by atoms with van der Waals surface area (Å²) >= 11 is 1.25. The average Bonchev–Trinajstić information content (AvgIpc) is 3.36. The number of amides is 2. The molecule has 3 aromatic heterocycles.